The topological polar surface area (TPSA) is 80.5 Å². The van der Waals surface area contributed by atoms with Crippen LogP contribution in [0.3, 0.4) is 0 Å². The second-order valence-electron chi connectivity index (χ2n) is 4.70. The fourth-order valence-electron chi connectivity index (χ4n) is 1.86. The van der Waals surface area contributed by atoms with Crippen molar-refractivity contribution in [2.24, 2.45) is 5.73 Å². The minimum atomic E-state index is -3.67. The molecule has 0 atom stereocenters. The maximum atomic E-state index is 12.5. The summed E-state index contributed by atoms with van der Waals surface area (Å²) in [5, 5.41) is 0. The summed E-state index contributed by atoms with van der Waals surface area (Å²) in [5.41, 5.74) is 6.84. The first-order chi connectivity index (χ1) is 9.82. The zero-order valence-corrected chi connectivity index (χ0v) is 12.6. The molecule has 0 spiro atoms. The largest absolute Gasteiger partial charge is 0.366 e. The van der Waals surface area contributed by atoms with Gasteiger partial charge in [-0.2, -0.15) is 0 Å². The van der Waals surface area contributed by atoms with Gasteiger partial charge in [0, 0.05) is 12.6 Å². The van der Waals surface area contributed by atoms with Gasteiger partial charge in [0.05, 0.1) is 10.6 Å². The van der Waals surface area contributed by atoms with Crippen LogP contribution in [0.2, 0.25) is 0 Å². The van der Waals surface area contributed by atoms with E-state index in [-0.39, 0.29) is 10.5 Å². The summed E-state index contributed by atoms with van der Waals surface area (Å²) in [5.74, 6) is -0.599. The fourth-order valence-corrected chi connectivity index (χ4v) is 3.05. The number of hydrogen-bond donors (Lipinski definition) is 1. The van der Waals surface area contributed by atoms with Crippen LogP contribution in [-0.4, -0.2) is 21.4 Å². The van der Waals surface area contributed by atoms with Crippen molar-refractivity contribution in [3.05, 3.63) is 59.7 Å². The van der Waals surface area contributed by atoms with Crippen LogP contribution in [0.4, 0.5) is 5.69 Å². The predicted molar refractivity (Wildman–Crippen MR) is 81.7 cm³/mol. The van der Waals surface area contributed by atoms with Crippen molar-refractivity contribution in [3.63, 3.8) is 0 Å². The van der Waals surface area contributed by atoms with Crippen molar-refractivity contribution >= 4 is 21.6 Å². The predicted octanol–water partition coefficient (Wildman–Crippen LogP) is 1.92. The first kappa shape index (κ1) is 15.1. The van der Waals surface area contributed by atoms with E-state index in [1.54, 1.807) is 36.4 Å². The first-order valence-corrected chi connectivity index (χ1v) is 7.72. The van der Waals surface area contributed by atoms with E-state index in [0.717, 1.165) is 9.87 Å². The summed E-state index contributed by atoms with van der Waals surface area (Å²) in [6.07, 6.45) is 0. The van der Waals surface area contributed by atoms with Gasteiger partial charge in [-0.1, -0.05) is 23.8 Å². The fraction of sp³-hybridized carbons (Fsp3) is 0.133. The number of carbonyl (C=O) groups excluding carboxylic acids is 1. The summed E-state index contributed by atoms with van der Waals surface area (Å²) >= 11 is 0. The lowest BCUT2D eigenvalue weighted by Gasteiger charge is -2.20. The van der Waals surface area contributed by atoms with E-state index in [4.69, 9.17) is 5.73 Å². The van der Waals surface area contributed by atoms with Crippen LogP contribution in [0.1, 0.15) is 15.9 Å². The Balaban J connectivity index is 2.43. The molecule has 0 aliphatic heterocycles. The summed E-state index contributed by atoms with van der Waals surface area (Å²) in [7, 11) is -2.23. The number of aryl methyl sites for hydroxylation is 1. The Morgan fingerprint density at radius 3 is 2.29 bits per heavy atom. The highest BCUT2D eigenvalue weighted by atomic mass is 32.2. The summed E-state index contributed by atoms with van der Waals surface area (Å²) in [4.78, 5) is 11.4. The maximum absolute atomic E-state index is 12.5. The number of rotatable bonds is 4. The Kier molecular flexibility index (Phi) is 3.99. The lowest BCUT2D eigenvalue weighted by atomic mass is 10.2. The Labute approximate surface area is 124 Å². The lowest BCUT2D eigenvalue weighted by Crippen LogP contribution is -2.27. The van der Waals surface area contributed by atoms with Crippen LogP contribution < -0.4 is 10.0 Å². The van der Waals surface area contributed by atoms with Crippen LogP contribution >= 0.6 is 0 Å². The van der Waals surface area contributed by atoms with Gasteiger partial charge in [0.1, 0.15) is 0 Å². The van der Waals surface area contributed by atoms with Gasteiger partial charge >= 0.3 is 0 Å². The number of primary amides is 1. The molecule has 1 amide bonds. The molecule has 0 aromatic heterocycles. The van der Waals surface area contributed by atoms with Crippen LogP contribution in [0.15, 0.2) is 53.4 Å². The van der Waals surface area contributed by atoms with Crippen molar-refractivity contribution in [2.45, 2.75) is 11.8 Å². The van der Waals surface area contributed by atoms with Gasteiger partial charge in [0.15, 0.2) is 0 Å². The van der Waals surface area contributed by atoms with Gasteiger partial charge in [0.25, 0.3) is 10.0 Å². The Morgan fingerprint density at radius 1 is 1.10 bits per heavy atom. The number of carbonyl (C=O) groups is 1. The molecular formula is C15H16N2O3S. The smallest absolute Gasteiger partial charge is 0.264 e. The molecule has 0 unspecified atom stereocenters. The third-order valence-electron chi connectivity index (χ3n) is 3.17. The minimum absolute atomic E-state index is 0.195. The van der Waals surface area contributed by atoms with Gasteiger partial charge < -0.3 is 5.73 Å². The Bertz CT molecular complexity index is 768. The summed E-state index contributed by atoms with van der Waals surface area (Å²) < 4.78 is 26.2. The van der Waals surface area contributed by atoms with E-state index in [0.29, 0.717) is 5.69 Å². The molecule has 110 valence electrons. The molecule has 0 fully saturated rings. The molecule has 0 aliphatic carbocycles. The molecule has 21 heavy (non-hydrogen) atoms. The van der Waals surface area contributed by atoms with Gasteiger partial charge in [-0.05, 0) is 37.3 Å². The third kappa shape index (κ3) is 3.05. The van der Waals surface area contributed by atoms with Gasteiger partial charge in [-0.15, -0.1) is 0 Å². The maximum Gasteiger partial charge on any atom is 0.264 e. The summed E-state index contributed by atoms with van der Waals surface area (Å²) in [6.45, 7) is 1.89. The van der Waals surface area contributed by atoms with Gasteiger partial charge in [-0.3, -0.25) is 9.10 Å². The number of nitrogens with zero attached hydrogens (tertiary/aromatic N) is 1. The molecule has 0 aliphatic rings. The highest BCUT2D eigenvalue weighted by molar-refractivity contribution is 7.92. The molecule has 2 N–H and O–H groups in total. The van der Waals surface area contributed by atoms with E-state index < -0.39 is 15.9 Å². The molecule has 0 radical (unpaired) electrons. The number of hydrogen-bond acceptors (Lipinski definition) is 3. The molecular weight excluding hydrogens is 288 g/mol. The minimum Gasteiger partial charge on any atom is -0.366 e. The average molecular weight is 304 g/mol. The number of amides is 1. The molecule has 0 bridgehead atoms. The molecule has 0 saturated carbocycles. The van der Waals surface area contributed by atoms with Crippen LogP contribution in [0.5, 0.6) is 0 Å². The van der Waals surface area contributed by atoms with Crippen molar-refractivity contribution < 1.29 is 13.2 Å². The average Bonchev–Trinajstić information content (AvgIpc) is 2.47. The quantitative estimate of drug-likeness (QED) is 0.937. The SMILES string of the molecule is Cc1ccc(S(=O)(=O)N(C)c2cccc(C(N)=O)c2)cc1. The Morgan fingerprint density at radius 2 is 1.71 bits per heavy atom. The molecule has 2 rings (SSSR count). The van der Waals surface area contributed by atoms with Crippen molar-refractivity contribution in [2.75, 3.05) is 11.4 Å². The zero-order valence-electron chi connectivity index (χ0n) is 11.8. The van der Waals surface area contributed by atoms with Crippen molar-refractivity contribution in [1.29, 1.82) is 0 Å². The molecule has 5 nitrogen and oxygen atoms in total. The number of anilines is 1. The monoisotopic (exact) mass is 304 g/mol. The van der Waals surface area contributed by atoms with E-state index in [1.165, 1.54) is 19.2 Å². The van der Waals surface area contributed by atoms with E-state index in [2.05, 4.69) is 0 Å². The number of benzene rings is 2. The van der Waals surface area contributed by atoms with Crippen molar-refractivity contribution in [3.8, 4) is 0 Å². The highest BCUT2D eigenvalue weighted by Crippen LogP contribution is 2.23. The van der Waals surface area contributed by atoms with E-state index in [9.17, 15) is 13.2 Å². The lowest BCUT2D eigenvalue weighted by molar-refractivity contribution is 0.100. The van der Waals surface area contributed by atoms with Gasteiger partial charge in [0.2, 0.25) is 5.91 Å². The molecule has 0 heterocycles. The van der Waals surface area contributed by atoms with Crippen LogP contribution in [-0.2, 0) is 10.0 Å². The second kappa shape index (κ2) is 5.57. The van der Waals surface area contributed by atoms with Crippen molar-refractivity contribution in [1.82, 2.24) is 0 Å². The van der Waals surface area contributed by atoms with Gasteiger partial charge in [-0.25, -0.2) is 8.42 Å². The highest BCUT2D eigenvalue weighted by Gasteiger charge is 2.21. The molecule has 2 aromatic rings. The van der Waals surface area contributed by atoms with E-state index in [1.807, 2.05) is 6.92 Å². The molecule has 0 saturated heterocycles. The number of nitrogens with two attached hydrogens (primary N) is 1. The molecule has 6 heteroatoms. The number of sulfonamides is 1. The van der Waals surface area contributed by atoms with Crippen LogP contribution in [0, 0.1) is 6.92 Å². The first-order valence-electron chi connectivity index (χ1n) is 6.28. The molecule has 2 aromatic carbocycles. The normalized spacial score (nSPS) is 11.1. The van der Waals surface area contributed by atoms with Crippen LogP contribution in [0.25, 0.3) is 0 Å². The Hall–Kier alpha value is -2.34. The summed E-state index contributed by atoms with van der Waals surface area (Å²) in [6, 6.07) is 12.8. The zero-order chi connectivity index (χ0) is 15.6. The third-order valence-corrected chi connectivity index (χ3v) is 4.97. The van der Waals surface area contributed by atoms with E-state index >= 15 is 0 Å². The second-order valence-corrected chi connectivity index (χ2v) is 6.67. The standard InChI is InChI=1S/C15H16N2O3S/c1-11-6-8-14(9-7-11)21(19,20)17(2)13-5-3-4-12(10-13)15(16)18/h3-10H,1-2H3,(H2,16,18).